The van der Waals surface area contributed by atoms with Crippen molar-refractivity contribution >= 4 is 51.8 Å². The average molecular weight is 531 g/mol. The fourth-order valence-corrected chi connectivity index (χ4v) is 2.58. The molecule has 1 amide bonds. The Morgan fingerprint density at radius 3 is 2.42 bits per heavy atom. The van der Waals surface area contributed by atoms with Gasteiger partial charge in [0.15, 0.2) is 5.96 Å². The third-order valence-corrected chi connectivity index (χ3v) is 3.89. The molecule has 26 heavy (non-hydrogen) atoms. The summed E-state index contributed by atoms with van der Waals surface area (Å²) < 4.78 is 0.890. The first-order valence-corrected chi connectivity index (χ1v) is 9.08. The minimum absolute atomic E-state index is 0. The van der Waals surface area contributed by atoms with E-state index in [1.165, 1.54) is 0 Å². The summed E-state index contributed by atoms with van der Waals surface area (Å²) in [4.78, 5) is 16.6. The molecule has 0 unspecified atom stereocenters. The molecule has 2 aromatic rings. The van der Waals surface area contributed by atoms with Gasteiger partial charge in [-0.1, -0.05) is 52.3 Å². The zero-order valence-electron chi connectivity index (χ0n) is 14.7. The van der Waals surface area contributed by atoms with Crippen LogP contribution in [0.5, 0.6) is 0 Å². The lowest BCUT2D eigenvalue weighted by Crippen LogP contribution is -2.41. The van der Waals surface area contributed by atoms with Crippen molar-refractivity contribution in [2.24, 2.45) is 4.99 Å². The number of hydrogen-bond acceptors (Lipinski definition) is 2. The third-order valence-electron chi connectivity index (χ3n) is 3.40. The van der Waals surface area contributed by atoms with Crippen LogP contribution in [0.4, 0.5) is 0 Å². The summed E-state index contributed by atoms with van der Waals surface area (Å²) in [5.74, 6) is 0.650. The van der Waals surface area contributed by atoms with Gasteiger partial charge in [-0.2, -0.15) is 0 Å². The number of carbonyl (C=O) groups excluding carboxylic acids is 1. The van der Waals surface area contributed by atoms with Crippen molar-refractivity contribution in [3.63, 3.8) is 0 Å². The summed E-state index contributed by atoms with van der Waals surface area (Å²) in [6.45, 7) is 4.53. The fraction of sp³-hybridized carbons (Fsp3) is 0.263. The van der Waals surface area contributed by atoms with Crippen LogP contribution in [-0.2, 0) is 6.54 Å². The van der Waals surface area contributed by atoms with Crippen molar-refractivity contribution in [3.05, 3.63) is 70.2 Å². The smallest absolute Gasteiger partial charge is 0.251 e. The van der Waals surface area contributed by atoms with Crippen LogP contribution < -0.4 is 16.0 Å². The molecule has 3 N–H and O–H groups in total. The van der Waals surface area contributed by atoms with E-state index in [1.54, 1.807) is 12.1 Å². The number of nitrogens with one attached hydrogen (secondary N) is 3. The van der Waals surface area contributed by atoms with E-state index in [9.17, 15) is 4.79 Å². The summed E-state index contributed by atoms with van der Waals surface area (Å²) in [6.07, 6.45) is 0. The molecule has 0 saturated heterocycles. The predicted octanol–water partition coefficient (Wildman–Crippen LogP) is 3.55. The van der Waals surface area contributed by atoms with E-state index in [2.05, 4.69) is 36.9 Å². The van der Waals surface area contributed by atoms with E-state index in [-0.39, 0.29) is 29.9 Å². The van der Waals surface area contributed by atoms with Gasteiger partial charge in [0.25, 0.3) is 5.91 Å². The lowest BCUT2D eigenvalue weighted by atomic mass is 10.2. The van der Waals surface area contributed by atoms with Gasteiger partial charge in [0, 0.05) is 29.7 Å². The Kier molecular flexibility index (Phi) is 11.0. The predicted molar refractivity (Wildman–Crippen MR) is 121 cm³/mol. The summed E-state index contributed by atoms with van der Waals surface area (Å²) in [6, 6.07) is 17.4. The molecule has 0 bridgehead atoms. The number of rotatable bonds is 7. The molecule has 0 saturated carbocycles. The number of benzene rings is 2. The SMILES string of the molecule is CCNC(=NCc1ccccc1)NCCNC(=O)c1cccc(Br)c1.I. The summed E-state index contributed by atoms with van der Waals surface area (Å²) in [5.41, 5.74) is 1.79. The second-order valence-electron chi connectivity index (χ2n) is 5.37. The van der Waals surface area contributed by atoms with Gasteiger partial charge >= 0.3 is 0 Å². The highest BCUT2D eigenvalue weighted by atomic mass is 127. The molecule has 5 nitrogen and oxygen atoms in total. The standard InChI is InChI=1S/C19H23BrN4O.HI/c1-2-21-19(24-14-15-7-4-3-5-8-15)23-12-11-22-18(25)16-9-6-10-17(20)13-16;/h3-10,13H,2,11-12,14H2,1H3,(H,22,25)(H2,21,23,24);1H. The monoisotopic (exact) mass is 530 g/mol. The van der Waals surface area contributed by atoms with Crippen LogP contribution in [-0.4, -0.2) is 31.5 Å². The molecule has 7 heteroatoms. The molecule has 2 aromatic carbocycles. The molecule has 0 aliphatic heterocycles. The van der Waals surface area contributed by atoms with Crippen LogP contribution in [0.2, 0.25) is 0 Å². The highest BCUT2D eigenvalue weighted by molar-refractivity contribution is 14.0. The van der Waals surface area contributed by atoms with Gasteiger partial charge < -0.3 is 16.0 Å². The lowest BCUT2D eigenvalue weighted by molar-refractivity contribution is 0.0954. The molecule has 0 atom stereocenters. The first-order valence-electron chi connectivity index (χ1n) is 8.29. The van der Waals surface area contributed by atoms with Crippen molar-refractivity contribution in [3.8, 4) is 0 Å². The van der Waals surface area contributed by atoms with Crippen molar-refractivity contribution in [1.82, 2.24) is 16.0 Å². The molecule has 0 aromatic heterocycles. The zero-order chi connectivity index (χ0) is 17.9. The Bertz CT molecular complexity index is 710. The van der Waals surface area contributed by atoms with Crippen molar-refractivity contribution in [2.45, 2.75) is 13.5 Å². The first-order chi connectivity index (χ1) is 12.2. The van der Waals surface area contributed by atoms with Crippen LogP contribution in [0.3, 0.4) is 0 Å². The third kappa shape index (κ3) is 8.18. The quantitative estimate of drug-likeness (QED) is 0.222. The summed E-state index contributed by atoms with van der Waals surface area (Å²) in [7, 11) is 0. The van der Waals surface area contributed by atoms with Gasteiger partial charge in [-0.05, 0) is 30.7 Å². The maximum atomic E-state index is 12.1. The maximum Gasteiger partial charge on any atom is 0.251 e. The second-order valence-corrected chi connectivity index (χ2v) is 6.29. The maximum absolute atomic E-state index is 12.1. The number of nitrogens with zero attached hydrogens (tertiary/aromatic N) is 1. The molecular formula is C19H24BrIN4O. The minimum Gasteiger partial charge on any atom is -0.357 e. The fourth-order valence-electron chi connectivity index (χ4n) is 2.18. The summed E-state index contributed by atoms with van der Waals surface area (Å²) in [5, 5.41) is 9.32. The average Bonchev–Trinajstić information content (AvgIpc) is 2.63. The van der Waals surface area contributed by atoms with Gasteiger partial charge in [0.2, 0.25) is 0 Å². The Hall–Kier alpha value is -1.61. The molecular weight excluding hydrogens is 507 g/mol. The summed E-state index contributed by atoms with van der Waals surface area (Å²) >= 11 is 3.37. The lowest BCUT2D eigenvalue weighted by Gasteiger charge is -2.12. The van der Waals surface area contributed by atoms with Gasteiger partial charge in [-0.15, -0.1) is 24.0 Å². The molecule has 0 heterocycles. The van der Waals surface area contributed by atoms with E-state index < -0.39 is 0 Å². The minimum atomic E-state index is -0.0886. The van der Waals surface area contributed by atoms with Crippen LogP contribution >= 0.6 is 39.9 Å². The molecule has 0 aliphatic rings. The normalized spacial score (nSPS) is 10.6. The number of carbonyl (C=O) groups is 1. The largest absolute Gasteiger partial charge is 0.357 e. The van der Waals surface area contributed by atoms with Gasteiger partial charge in [-0.3, -0.25) is 4.79 Å². The van der Waals surface area contributed by atoms with Gasteiger partial charge in [0.1, 0.15) is 0 Å². The Morgan fingerprint density at radius 1 is 1.00 bits per heavy atom. The van der Waals surface area contributed by atoms with Crippen LogP contribution in [0.25, 0.3) is 0 Å². The van der Waals surface area contributed by atoms with E-state index in [0.29, 0.717) is 25.2 Å². The number of halogens is 2. The molecule has 0 radical (unpaired) electrons. The number of hydrogen-bond donors (Lipinski definition) is 3. The van der Waals surface area contributed by atoms with Crippen LogP contribution in [0, 0.1) is 0 Å². The number of guanidine groups is 1. The van der Waals surface area contributed by atoms with E-state index in [0.717, 1.165) is 22.5 Å². The number of aliphatic imine (C=N–C) groups is 1. The molecule has 2 rings (SSSR count). The Labute approximate surface area is 180 Å². The second kappa shape index (κ2) is 12.7. The van der Waals surface area contributed by atoms with Crippen LogP contribution in [0.1, 0.15) is 22.8 Å². The van der Waals surface area contributed by atoms with Gasteiger partial charge in [-0.25, -0.2) is 4.99 Å². The highest BCUT2D eigenvalue weighted by Gasteiger charge is 2.05. The molecule has 0 aliphatic carbocycles. The van der Waals surface area contributed by atoms with Crippen molar-refractivity contribution in [1.29, 1.82) is 0 Å². The van der Waals surface area contributed by atoms with E-state index in [4.69, 9.17) is 0 Å². The van der Waals surface area contributed by atoms with E-state index in [1.807, 2.05) is 49.4 Å². The van der Waals surface area contributed by atoms with Crippen LogP contribution in [0.15, 0.2) is 64.1 Å². The zero-order valence-corrected chi connectivity index (χ0v) is 18.6. The van der Waals surface area contributed by atoms with E-state index >= 15 is 0 Å². The first kappa shape index (κ1) is 22.4. The van der Waals surface area contributed by atoms with Crippen molar-refractivity contribution < 1.29 is 4.79 Å². The Balaban J connectivity index is 0.00000338. The molecule has 0 fully saturated rings. The number of amides is 1. The molecule has 0 spiro atoms. The van der Waals surface area contributed by atoms with Crippen molar-refractivity contribution in [2.75, 3.05) is 19.6 Å². The Morgan fingerprint density at radius 2 is 1.73 bits per heavy atom. The highest BCUT2D eigenvalue weighted by Crippen LogP contribution is 2.11. The van der Waals surface area contributed by atoms with Gasteiger partial charge in [0.05, 0.1) is 6.54 Å². The molecule has 140 valence electrons. The topological polar surface area (TPSA) is 65.5 Å².